The van der Waals surface area contributed by atoms with E-state index < -0.39 is 0 Å². The number of anilines is 1. The number of hydrogen-bond donors (Lipinski definition) is 0. The number of pyridine rings is 1. The van der Waals surface area contributed by atoms with Crippen LogP contribution in [0.5, 0.6) is 11.5 Å². The molecular weight excluding hydrogens is 342 g/mol. The molecule has 0 aliphatic carbocycles. The number of amides is 1. The van der Waals surface area contributed by atoms with E-state index in [0.717, 1.165) is 36.7 Å². The van der Waals surface area contributed by atoms with Crippen LogP contribution in [-0.2, 0) is 13.0 Å². The lowest BCUT2D eigenvalue weighted by Crippen LogP contribution is -2.32. The molecule has 0 atom stereocenters. The second kappa shape index (κ2) is 8.29. The van der Waals surface area contributed by atoms with Gasteiger partial charge < -0.3 is 19.3 Å². The number of carbonyl (C=O) groups excluding carboxylic acids is 1. The molecule has 0 fully saturated rings. The number of nitrogens with zero attached hydrogens (tertiary/aromatic N) is 3. The van der Waals surface area contributed by atoms with Crippen molar-refractivity contribution in [3.05, 3.63) is 47.3 Å². The average molecular weight is 369 g/mol. The van der Waals surface area contributed by atoms with Gasteiger partial charge in [0.15, 0.2) is 11.5 Å². The number of benzene rings is 1. The van der Waals surface area contributed by atoms with Gasteiger partial charge in [-0.3, -0.25) is 9.78 Å². The van der Waals surface area contributed by atoms with Gasteiger partial charge >= 0.3 is 0 Å². The van der Waals surface area contributed by atoms with E-state index in [1.807, 2.05) is 37.1 Å². The number of ether oxygens (including phenoxy) is 2. The van der Waals surface area contributed by atoms with Gasteiger partial charge in [0, 0.05) is 32.4 Å². The van der Waals surface area contributed by atoms with E-state index in [-0.39, 0.29) is 5.91 Å². The summed E-state index contributed by atoms with van der Waals surface area (Å²) >= 11 is 0. The summed E-state index contributed by atoms with van der Waals surface area (Å²) in [6, 6.07) is 6.04. The van der Waals surface area contributed by atoms with Crippen LogP contribution in [0.4, 0.5) is 5.69 Å². The average Bonchev–Trinajstić information content (AvgIpc) is 2.73. The Labute approximate surface area is 160 Å². The maximum Gasteiger partial charge on any atom is 0.255 e. The van der Waals surface area contributed by atoms with Crippen LogP contribution in [0.25, 0.3) is 0 Å². The molecule has 1 aliphatic rings. The van der Waals surface area contributed by atoms with Crippen molar-refractivity contribution in [3.63, 3.8) is 0 Å². The Morgan fingerprint density at radius 2 is 1.74 bits per heavy atom. The molecule has 2 aromatic rings. The number of methoxy groups -OCH3 is 2. The molecule has 1 aliphatic heterocycles. The number of carbonyl (C=O) groups is 1. The Kier molecular flexibility index (Phi) is 5.84. The zero-order chi connectivity index (χ0) is 19.4. The minimum Gasteiger partial charge on any atom is -0.493 e. The molecular formula is C21H27N3O3. The smallest absolute Gasteiger partial charge is 0.255 e. The van der Waals surface area contributed by atoms with E-state index in [1.165, 1.54) is 11.1 Å². The highest BCUT2D eigenvalue weighted by atomic mass is 16.5. The third-order valence-corrected chi connectivity index (χ3v) is 5.10. The first-order valence-electron chi connectivity index (χ1n) is 9.34. The number of rotatable bonds is 6. The van der Waals surface area contributed by atoms with Gasteiger partial charge in [-0.1, -0.05) is 0 Å². The van der Waals surface area contributed by atoms with Crippen LogP contribution >= 0.6 is 0 Å². The van der Waals surface area contributed by atoms with Gasteiger partial charge in [0.05, 0.1) is 31.7 Å². The highest BCUT2D eigenvalue weighted by Crippen LogP contribution is 2.34. The normalized spacial score (nSPS) is 13.1. The van der Waals surface area contributed by atoms with Crippen molar-refractivity contribution in [3.8, 4) is 11.5 Å². The molecule has 1 aromatic heterocycles. The van der Waals surface area contributed by atoms with Crippen molar-refractivity contribution in [1.29, 1.82) is 0 Å². The summed E-state index contributed by atoms with van der Waals surface area (Å²) in [5.74, 6) is 1.53. The molecule has 0 saturated heterocycles. The van der Waals surface area contributed by atoms with E-state index in [9.17, 15) is 4.79 Å². The van der Waals surface area contributed by atoms with Crippen LogP contribution in [0.1, 0.15) is 35.3 Å². The first kappa shape index (κ1) is 19.0. The monoisotopic (exact) mass is 369 g/mol. The van der Waals surface area contributed by atoms with E-state index >= 15 is 0 Å². The van der Waals surface area contributed by atoms with Crippen LogP contribution in [0, 0.1) is 0 Å². The van der Waals surface area contributed by atoms with Crippen molar-refractivity contribution in [2.45, 2.75) is 26.8 Å². The van der Waals surface area contributed by atoms with Crippen LogP contribution < -0.4 is 14.4 Å². The van der Waals surface area contributed by atoms with Crippen molar-refractivity contribution in [2.75, 3.05) is 38.8 Å². The molecule has 6 heteroatoms. The first-order chi connectivity index (χ1) is 13.1. The third-order valence-electron chi connectivity index (χ3n) is 5.10. The fourth-order valence-corrected chi connectivity index (χ4v) is 3.51. The molecule has 0 spiro atoms. The second-order valence-electron chi connectivity index (χ2n) is 6.56. The molecule has 0 bridgehead atoms. The SMILES string of the molecule is CCN(CC)C(=O)c1cncc(N2CCc3cc(OC)c(OC)cc3C2)c1. The minimum atomic E-state index is 0.0261. The maximum atomic E-state index is 12.6. The lowest BCUT2D eigenvalue weighted by Gasteiger charge is -2.31. The first-order valence-corrected chi connectivity index (χ1v) is 9.34. The lowest BCUT2D eigenvalue weighted by atomic mass is 9.98. The summed E-state index contributed by atoms with van der Waals surface area (Å²) in [6.07, 6.45) is 4.38. The van der Waals surface area contributed by atoms with E-state index in [4.69, 9.17) is 9.47 Å². The van der Waals surface area contributed by atoms with Crippen molar-refractivity contribution < 1.29 is 14.3 Å². The van der Waals surface area contributed by atoms with Gasteiger partial charge in [-0.15, -0.1) is 0 Å². The second-order valence-corrected chi connectivity index (χ2v) is 6.56. The van der Waals surface area contributed by atoms with E-state index in [2.05, 4.69) is 16.0 Å². The van der Waals surface area contributed by atoms with Crippen molar-refractivity contribution >= 4 is 11.6 Å². The maximum absolute atomic E-state index is 12.6. The molecule has 0 N–H and O–H groups in total. The molecule has 27 heavy (non-hydrogen) atoms. The van der Waals surface area contributed by atoms with E-state index in [0.29, 0.717) is 18.7 Å². The van der Waals surface area contributed by atoms with Gasteiger partial charge in [-0.2, -0.15) is 0 Å². The number of hydrogen-bond acceptors (Lipinski definition) is 5. The Hall–Kier alpha value is -2.76. The highest BCUT2D eigenvalue weighted by molar-refractivity contribution is 5.94. The molecule has 1 aromatic carbocycles. The number of aromatic nitrogens is 1. The molecule has 144 valence electrons. The molecule has 6 nitrogen and oxygen atoms in total. The zero-order valence-corrected chi connectivity index (χ0v) is 16.5. The van der Waals surface area contributed by atoms with Gasteiger partial charge in [0.25, 0.3) is 5.91 Å². The zero-order valence-electron chi connectivity index (χ0n) is 16.5. The Bertz CT molecular complexity index is 818. The fourth-order valence-electron chi connectivity index (χ4n) is 3.51. The molecule has 3 rings (SSSR count). The minimum absolute atomic E-state index is 0.0261. The standard InChI is InChI=1S/C21H27N3O3/c1-5-23(6-2)21(25)16-9-18(13-22-12-16)24-8-7-15-10-19(26-3)20(27-4)11-17(15)14-24/h9-13H,5-8,14H2,1-4H3. The predicted molar refractivity (Wildman–Crippen MR) is 106 cm³/mol. The van der Waals surface area contributed by atoms with Crippen LogP contribution in [0.3, 0.4) is 0 Å². The Morgan fingerprint density at radius 3 is 2.37 bits per heavy atom. The van der Waals surface area contributed by atoms with E-state index in [1.54, 1.807) is 20.4 Å². The van der Waals surface area contributed by atoms with Crippen LogP contribution in [0.2, 0.25) is 0 Å². The van der Waals surface area contributed by atoms with Gasteiger partial charge in [-0.25, -0.2) is 0 Å². The Balaban J connectivity index is 1.85. The summed E-state index contributed by atoms with van der Waals surface area (Å²) in [5.41, 5.74) is 4.08. The van der Waals surface area contributed by atoms with Crippen LogP contribution in [0.15, 0.2) is 30.6 Å². The fraction of sp³-hybridized carbons (Fsp3) is 0.429. The quantitative estimate of drug-likeness (QED) is 0.783. The van der Waals surface area contributed by atoms with Crippen molar-refractivity contribution in [2.24, 2.45) is 0 Å². The Morgan fingerprint density at radius 1 is 1.07 bits per heavy atom. The molecule has 2 heterocycles. The number of fused-ring (bicyclic) bond motifs is 1. The molecule has 0 unspecified atom stereocenters. The summed E-state index contributed by atoms with van der Waals surface area (Å²) in [4.78, 5) is 21.0. The largest absolute Gasteiger partial charge is 0.493 e. The summed E-state index contributed by atoms with van der Waals surface area (Å²) in [7, 11) is 3.31. The summed E-state index contributed by atoms with van der Waals surface area (Å²) in [6.45, 7) is 6.98. The molecule has 0 saturated carbocycles. The highest BCUT2D eigenvalue weighted by Gasteiger charge is 2.21. The lowest BCUT2D eigenvalue weighted by molar-refractivity contribution is 0.0772. The third kappa shape index (κ3) is 3.84. The predicted octanol–water partition coefficient (Wildman–Crippen LogP) is 3.14. The van der Waals surface area contributed by atoms with Gasteiger partial charge in [-0.05, 0) is 49.6 Å². The topological polar surface area (TPSA) is 54.9 Å². The molecule has 0 radical (unpaired) electrons. The molecule has 1 amide bonds. The summed E-state index contributed by atoms with van der Waals surface area (Å²) < 4.78 is 10.8. The van der Waals surface area contributed by atoms with Crippen molar-refractivity contribution in [1.82, 2.24) is 9.88 Å². The van der Waals surface area contributed by atoms with Gasteiger partial charge in [0.1, 0.15) is 0 Å². The summed E-state index contributed by atoms with van der Waals surface area (Å²) in [5, 5.41) is 0. The van der Waals surface area contributed by atoms with Gasteiger partial charge in [0.2, 0.25) is 0 Å². The van der Waals surface area contributed by atoms with Crippen LogP contribution in [-0.4, -0.2) is 49.6 Å².